The molecule has 0 spiro atoms. The molecule has 0 saturated carbocycles. The number of rotatable bonds is 3. The summed E-state index contributed by atoms with van der Waals surface area (Å²) in [5.41, 5.74) is 0.213. The molecule has 0 aliphatic rings. The first kappa shape index (κ1) is 14.8. The highest BCUT2D eigenvalue weighted by Gasteiger charge is 2.15. The molecule has 1 heterocycles. The molecule has 0 radical (unpaired) electrons. The molecule has 0 bridgehead atoms. The van der Waals surface area contributed by atoms with Gasteiger partial charge >= 0.3 is 0 Å². The first-order valence-corrected chi connectivity index (χ1v) is 6.95. The Labute approximate surface area is 130 Å². The quantitative estimate of drug-likeness (QED) is 0.687. The van der Waals surface area contributed by atoms with Crippen LogP contribution in [0.3, 0.4) is 0 Å². The predicted octanol–water partition coefficient (Wildman–Crippen LogP) is 2.98. The fourth-order valence-corrected chi connectivity index (χ4v) is 2.38. The van der Waals surface area contributed by atoms with Gasteiger partial charge in [-0.25, -0.2) is 0 Å². The first-order valence-electron chi connectivity index (χ1n) is 6.95. The van der Waals surface area contributed by atoms with Crippen LogP contribution in [0.1, 0.15) is 6.92 Å². The zero-order valence-electron chi connectivity index (χ0n) is 12.2. The van der Waals surface area contributed by atoms with E-state index in [1.807, 2.05) is 0 Å². The Balaban J connectivity index is 2.19. The van der Waals surface area contributed by atoms with Crippen molar-refractivity contribution in [3.63, 3.8) is 0 Å². The van der Waals surface area contributed by atoms with Gasteiger partial charge in [0.25, 0.3) is 0 Å². The number of phenolic OH excluding ortho intramolecular Hbond substituents is 3. The highest BCUT2D eigenvalue weighted by atomic mass is 16.5. The molecule has 0 aliphatic heterocycles. The van der Waals surface area contributed by atoms with Gasteiger partial charge in [0.2, 0.25) is 5.43 Å². The molecule has 23 heavy (non-hydrogen) atoms. The minimum Gasteiger partial charge on any atom is -0.508 e. The van der Waals surface area contributed by atoms with E-state index in [9.17, 15) is 20.1 Å². The second-order valence-electron chi connectivity index (χ2n) is 4.93. The van der Waals surface area contributed by atoms with E-state index in [0.717, 1.165) is 6.07 Å². The lowest BCUT2D eigenvalue weighted by atomic mass is 10.0. The van der Waals surface area contributed by atoms with Gasteiger partial charge in [-0.05, 0) is 24.6 Å². The second kappa shape index (κ2) is 5.57. The third-order valence-electron chi connectivity index (χ3n) is 3.41. The Kier molecular flexibility index (Phi) is 3.57. The van der Waals surface area contributed by atoms with Crippen LogP contribution in [-0.2, 0) is 0 Å². The van der Waals surface area contributed by atoms with Gasteiger partial charge in [0, 0.05) is 12.1 Å². The maximum absolute atomic E-state index is 12.6. The van der Waals surface area contributed by atoms with Crippen LogP contribution in [0.15, 0.2) is 45.8 Å². The van der Waals surface area contributed by atoms with Crippen molar-refractivity contribution in [1.29, 1.82) is 0 Å². The highest BCUT2D eigenvalue weighted by molar-refractivity contribution is 5.88. The molecule has 1 aromatic heterocycles. The fourth-order valence-electron chi connectivity index (χ4n) is 2.38. The molecule has 6 nitrogen and oxygen atoms in total. The van der Waals surface area contributed by atoms with E-state index in [-0.39, 0.29) is 33.8 Å². The van der Waals surface area contributed by atoms with Gasteiger partial charge in [-0.1, -0.05) is 6.07 Å². The van der Waals surface area contributed by atoms with E-state index >= 15 is 0 Å². The molecule has 6 heteroatoms. The van der Waals surface area contributed by atoms with Crippen molar-refractivity contribution in [2.75, 3.05) is 6.61 Å². The number of ether oxygens (including phenoxy) is 1. The van der Waals surface area contributed by atoms with Crippen molar-refractivity contribution < 1.29 is 24.5 Å². The largest absolute Gasteiger partial charge is 0.508 e. The van der Waals surface area contributed by atoms with Crippen molar-refractivity contribution >= 4 is 11.0 Å². The topological polar surface area (TPSA) is 100 Å². The van der Waals surface area contributed by atoms with Crippen LogP contribution in [-0.4, -0.2) is 21.9 Å². The number of fused-ring (bicyclic) bond motifs is 1. The van der Waals surface area contributed by atoms with E-state index in [4.69, 9.17) is 9.15 Å². The van der Waals surface area contributed by atoms with Gasteiger partial charge in [0.1, 0.15) is 28.7 Å². The molecular weight excluding hydrogens is 300 g/mol. The first-order chi connectivity index (χ1) is 11.0. The Bertz CT molecular complexity index is 942. The summed E-state index contributed by atoms with van der Waals surface area (Å²) in [5.74, 6) is -0.358. The molecule has 118 valence electrons. The number of hydrogen-bond acceptors (Lipinski definition) is 6. The molecule has 0 unspecified atom stereocenters. The SMILES string of the molecule is CCOc1ccc(-c2coc3cc(O)cc(O)c3c2=O)cc1O. The summed E-state index contributed by atoms with van der Waals surface area (Å²) in [7, 11) is 0. The van der Waals surface area contributed by atoms with Crippen molar-refractivity contribution in [3.05, 3.63) is 46.8 Å². The van der Waals surface area contributed by atoms with E-state index in [2.05, 4.69) is 0 Å². The average molecular weight is 314 g/mol. The van der Waals surface area contributed by atoms with Gasteiger partial charge in [0.15, 0.2) is 11.5 Å². The molecule has 3 aromatic rings. The Morgan fingerprint density at radius 2 is 1.87 bits per heavy atom. The zero-order chi connectivity index (χ0) is 16.6. The van der Waals surface area contributed by atoms with Gasteiger partial charge in [-0.15, -0.1) is 0 Å². The summed E-state index contributed by atoms with van der Waals surface area (Å²) in [6.45, 7) is 2.20. The Morgan fingerprint density at radius 3 is 2.57 bits per heavy atom. The maximum Gasteiger partial charge on any atom is 0.204 e. The summed E-state index contributed by atoms with van der Waals surface area (Å²) < 4.78 is 10.6. The molecule has 3 N–H and O–H groups in total. The van der Waals surface area contributed by atoms with Gasteiger partial charge in [-0.2, -0.15) is 0 Å². The maximum atomic E-state index is 12.6. The van der Waals surface area contributed by atoms with Crippen LogP contribution < -0.4 is 10.2 Å². The van der Waals surface area contributed by atoms with E-state index in [0.29, 0.717) is 17.9 Å². The molecule has 0 fully saturated rings. The predicted molar refractivity (Wildman–Crippen MR) is 84.1 cm³/mol. The van der Waals surface area contributed by atoms with Crippen molar-refractivity contribution in [1.82, 2.24) is 0 Å². The van der Waals surface area contributed by atoms with Crippen molar-refractivity contribution in [2.45, 2.75) is 6.92 Å². The zero-order valence-corrected chi connectivity index (χ0v) is 12.2. The summed E-state index contributed by atoms with van der Waals surface area (Å²) >= 11 is 0. The second-order valence-corrected chi connectivity index (χ2v) is 4.93. The van der Waals surface area contributed by atoms with Crippen molar-refractivity contribution in [3.8, 4) is 34.1 Å². The monoisotopic (exact) mass is 314 g/mol. The van der Waals surface area contributed by atoms with E-state index < -0.39 is 5.43 Å². The smallest absolute Gasteiger partial charge is 0.204 e. The van der Waals surface area contributed by atoms with Crippen LogP contribution in [0.4, 0.5) is 0 Å². The lowest BCUT2D eigenvalue weighted by Crippen LogP contribution is -2.05. The lowest BCUT2D eigenvalue weighted by Gasteiger charge is -2.08. The summed E-state index contributed by atoms with van der Waals surface area (Å²) in [5, 5.41) is 29.2. The number of phenols is 3. The molecule has 0 atom stereocenters. The molecular formula is C17H14O6. The summed E-state index contributed by atoms with van der Waals surface area (Å²) in [4.78, 5) is 12.6. The van der Waals surface area contributed by atoms with Crippen LogP contribution in [0, 0.1) is 0 Å². The Hall–Kier alpha value is -3.15. The van der Waals surface area contributed by atoms with E-state index in [1.54, 1.807) is 19.1 Å². The molecule has 3 rings (SSSR count). The fraction of sp³-hybridized carbons (Fsp3) is 0.118. The minimum atomic E-state index is -0.465. The lowest BCUT2D eigenvalue weighted by molar-refractivity contribution is 0.318. The average Bonchev–Trinajstić information content (AvgIpc) is 2.49. The number of benzene rings is 2. The molecule has 0 saturated heterocycles. The van der Waals surface area contributed by atoms with Gasteiger partial charge in [-0.3, -0.25) is 4.79 Å². The van der Waals surface area contributed by atoms with Crippen LogP contribution >= 0.6 is 0 Å². The highest BCUT2D eigenvalue weighted by Crippen LogP contribution is 2.33. The molecule has 0 aliphatic carbocycles. The van der Waals surface area contributed by atoms with E-state index in [1.165, 1.54) is 18.4 Å². The van der Waals surface area contributed by atoms with Gasteiger partial charge < -0.3 is 24.5 Å². The van der Waals surface area contributed by atoms with Gasteiger partial charge in [0.05, 0.1) is 12.2 Å². The van der Waals surface area contributed by atoms with Crippen LogP contribution in [0.5, 0.6) is 23.0 Å². The number of hydrogen-bond donors (Lipinski definition) is 3. The van der Waals surface area contributed by atoms with Crippen LogP contribution in [0.25, 0.3) is 22.1 Å². The third-order valence-corrected chi connectivity index (χ3v) is 3.41. The third kappa shape index (κ3) is 2.55. The molecule has 0 amide bonds. The minimum absolute atomic E-state index is 0.0336. The summed E-state index contributed by atoms with van der Waals surface area (Å²) in [6, 6.07) is 6.86. The van der Waals surface area contributed by atoms with Crippen molar-refractivity contribution in [2.24, 2.45) is 0 Å². The Morgan fingerprint density at radius 1 is 1.09 bits per heavy atom. The molecule has 2 aromatic carbocycles. The number of aromatic hydroxyl groups is 3. The standard InChI is InChI=1S/C17H14O6/c1-2-22-14-4-3-9(5-12(14)19)11-8-23-15-7-10(18)6-13(20)16(15)17(11)21/h3-8,18-20H,2H2,1H3. The normalized spacial score (nSPS) is 10.8. The summed E-state index contributed by atoms with van der Waals surface area (Å²) in [6.07, 6.45) is 1.22. The van der Waals surface area contributed by atoms with Crippen LogP contribution in [0.2, 0.25) is 0 Å².